The summed E-state index contributed by atoms with van der Waals surface area (Å²) in [4.78, 5) is 52.3. The summed E-state index contributed by atoms with van der Waals surface area (Å²) in [6, 6.07) is 0. The van der Waals surface area contributed by atoms with Gasteiger partial charge in [0.1, 0.15) is 0 Å². The summed E-state index contributed by atoms with van der Waals surface area (Å²) in [5.74, 6) is -0.333. The van der Waals surface area contributed by atoms with Gasteiger partial charge in [0.05, 0.1) is 0 Å². The molecule has 0 spiro atoms. The van der Waals surface area contributed by atoms with Crippen molar-refractivity contribution in [2.24, 2.45) is 5.73 Å². The molecule has 0 aromatic carbocycles. The molecule has 0 bridgehead atoms. The minimum atomic E-state index is -4.64. The van der Waals surface area contributed by atoms with E-state index in [1.165, 1.54) is 6.92 Å². The average Bonchev–Trinajstić information content (AvgIpc) is 1.45. The summed E-state index contributed by atoms with van der Waals surface area (Å²) in [5.41, 5.74) is 4.47. The highest BCUT2D eigenvalue weighted by atomic mass is 31.2. The maximum Gasteiger partial charge on any atom is 0.466 e. The second kappa shape index (κ2) is 10.2. The van der Waals surface area contributed by atoms with Crippen LogP contribution < -0.4 is 11.9 Å². The van der Waals surface area contributed by atoms with Gasteiger partial charge < -0.3 is 41.2 Å². The van der Waals surface area contributed by atoms with Gasteiger partial charge >= 0.3 is 15.6 Å². The maximum atomic E-state index is 9.22. The molecule has 0 unspecified atom stereocenters. The Balaban J connectivity index is -0.0000000590. The Morgan fingerprint density at radius 2 is 0.933 bits per heavy atom. The Kier molecular flexibility index (Phi) is 16.3. The highest BCUT2D eigenvalue weighted by molar-refractivity contribution is 7.45. The van der Waals surface area contributed by atoms with Gasteiger partial charge in [-0.2, -0.15) is 0 Å². The smallest absolute Gasteiger partial charge is 0.370 e. The van der Waals surface area contributed by atoms with Crippen molar-refractivity contribution in [3.05, 3.63) is 0 Å². The number of nitrogens with two attached hydrogens (primary N) is 1. The van der Waals surface area contributed by atoms with Crippen LogP contribution in [0.4, 0.5) is 0 Å². The van der Waals surface area contributed by atoms with Crippen molar-refractivity contribution in [3.63, 3.8) is 0 Å². The van der Waals surface area contributed by atoms with Crippen LogP contribution in [-0.4, -0.2) is 35.3 Å². The molecule has 0 aromatic rings. The average molecular weight is 272 g/mol. The van der Waals surface area contributed by atoms with E-state index in [1.807, 2.05) is 0 Å². The third-order valence-electron chi connectivity index (χ3n) is 0. The van der Waals surface area contributed by atoms with Crippen LogP contribution in [0.1, 0.15) is 6.92 Å². The maximum absolute atomic E-state index is 9.22. The van der Waals surface area contributed by atoms with E-state index in [0.29, 0.717) is 0 Å². The van der Waals surface area contributed by atoms with E-state index in [0.717, 1.165) is 0 Å². The molecule has 0 fully saturated rings. The van der Waals surface area contributed by atoms with E-state index in [1.54, 1.807) is 0 Å². The zero-order chi connectivity index (χ0) is 12.6. The molecule has 0 aromatic heterocycles. The fourth-order valence-electron chi connectivity index (χ4n) is 0. The molecule has 1 amide bonds. The van der Waals surface area contributed by atoms with Crippen LogP contribution in [0.2, 0.25) is 0 Å². The molecule has 0 aliphatic heterocycles. The summed E-state index contributed by atoms with van der Waals surface area (Å²) in [7, 11) is -9.28. The van der Waals surface area contributed by atoms with Gasteiger partial charge in [-0.3, -0.25) is 4.79 Å². The van der Waals surface area contributed by atoms with E-state index in [4.69, 9.17) is 38.5 Å². The van der Waals surface area contributed by atoms with Gasteiger partial charge in [-0.15, -0.1) is 0 Å². The molecule has 0 aliphatic rings. The van der Waals surface area contributed by atoms with Gasteiger partial charge in [0.2, 0.25) is 5.91 Å². The summed E-state index contributed by atoms with van der Waals surface area (Å²) >= 11 is 0. The highest BCUT2D eigenvalue weighted by Crippen LogP contribution is 2.26. The number of phosphoric acid groups is 2. The third-order valence-corrected chi connectivity index (χ3v) is 0. The Labute approximate surface area is 84.6 Å². The van der Waals surface area contributed by atoms with E-state index in [2.05, 4.69) is 5.73 Å². The molecule has 0 saturated heterocycles. The molecule has 0 saturated carbocycles. The van der Waals surface area contributed by atoms with Gasteiger partial charge in [-0.1, -0.05) is 0 Å². The SMILES string of the molecule is CC(N)=O.N.O=P(O)(O)O.O=P(O)(O)O. The lowest BCUT2D eigenvalue weighted by molar-refractivity contribution is -0.115. The van der Waals surface area contributed by atoms with Gasteiger partial charge in [0.15, 0.2) is 0 Å². The molecule has 13 heteroatoms. The molecule has 11 nitrogen and oxygen atoms in total. The fourth-order valence-corrected chi connectivity index (χ4v) is 0. The first-order chi connectivity index (χ1) is 5.73. The van der Waals surface area contributed by atoms with E-state index in [-0.39, 0.29) is 12.1 Å². The molecule has 96 valence electrons. The van der Waals surface area contributed by atoms with Crippen LogP contribution >= 0.6 is 15.6 Å². The number of primary amides is 1. The fraction of sp³-hybridized carbons (Fsp3) is 0.500. The van der Waals surface area contributed by atoms with E-state index < -0.39 is 15.6 Å². The Hall–Kier alpha value is -0.350. The van der Waals surface area contributed by atoms with Crippen LogP contribution in [-0.2, 0) is 13.9 Å². The van der Waals surface area contributed by atoms with Gasteiger partial charge in [-0.25, -0.2) is 9.13 Å². The van der Waals surface area contributed by atoms with Crippen LogP contribution in [0.25, 0.3) is 0 Å². The molecule has 0 rings (SSSR count). The van der Waals surface area contributed by atoms with Gasteiger partial charge in [0, 0.05) is 6.92 Å². The standard InChI is InChI=1S/C2H5NO.H3N.2H3O4P/c1-2(3)4;;2*1-5(2,3)4/h1H3,(H2,3,4);1H3;2*(H3,1,2,3,4). The van der Waals surface area contributed by atoms with Crippen molar-refractivity contribution in [2.75, 3.05) is 0 Å². The molecule has 15 heavy (non-hydrogen) atoms. The highest BCUT2D eigenvalue weighted by Gasteiger charge is 2.00. The van der Waals surface area contributed by atoms with Crippen molar-refractivity contribution in [3.8, 4) is 0 Å². The molecule has 0 atom stereocenters. The van der Waals surface area contributed by atoms with Crippen molar-refractivity contribution in [2.45, 2.75) is 6.92 Å². The minimum Gasteiger partial charge on any atom is -0.370 e. The number of carbonyl (C=O) groups excluding carboxylic acids is 1. The lowest BCUT2D eigenvalue weighted by atomic mass is 10.8. The lowest BCUT2D eigenvalue weighted by Gasteiger charge is -1.82. The van der Waals surface area contributed by atoms with Crippen LogP contribution in [0, 0.1) is 0 Å². The first kappa shape index (κ1) is 24.1. The number of amides is 1. The molecule has 0 aliphatic carbocycles. The first-order valence-corrected chi connectivity index (χ1v) is 5.69. The van der Waals surface area contributed by atoms with Crippen LogP contribution in [0.5, 0.6) is 0 Å². The van der Waals surface area contributed by atoms with E-state index >= 15 is 0 Å². The molecular weight excluding hydrogens is 258 g/mol. The Morgan fingerprint density at radius 1 is 0.933 bits per heavy atom. The monoisotopic (exact) mass is 272 g/mol. The van der Waals surface area contributed by atoms with Crippen molar-refractivity contribution in [1.29, 1.82) is 0 Å². The van der Waals surface area contributed by atoms with Gasteiger partial charge in [-0.05, 0) is 0 Å². The number of rotatable bonds is 0. The van der Waals surface area contributed by atoms with Crippen LogP contribution in [0.3, 0.4) is 0 Å². The molecular formula is C2H14N2O9P2. The molecule has 0 heterocycles. The largest absolute Gasteiger partial charge is 0.466 e. The zero-order valence-electron chi connectivity index (χ0n) is 7.59. The number of hydrogen-bond acceptors (Lipinski definition) is 4. The van der Waals surface area contributed by atoms with Crippen LogP contribution in [0.15, 0.2) is 0 Å². The minimum absolute atomic E-state index is 0. The number of carbonyl (C=O) groups is 1. The summed E-state index contributed by atoms with van der Waals surface area (Å²) in [6.45, 7) is 1.31. The molecule has 11 N–H and O–H groups in total. The topological polar surface area (TPSA) is 234 Å². The van der Waals surface area contributed by atoms with Crippen molar-refractivity contribution in [1.82, 2.24) is 6.15 Å². The summed E-state index contributed by atoms with van der Waals surface area (Å²) in [6.07, 6.45) is 0. The third kappa shape index (κ3) is 15100. The van der Waals surface area contributed by atoms with Gasteiger partial charge in [0.25, 0.3) is 0 Å². The normalized spacial score (nSPS) is 9.53. The van der Waals surface area contributed by atoms with E-state index in [9.17, 15) is 4.79 Å². The Bertz CT molecular complexity index is 200. The Morgan fingerprint density at radius 3 is 0.933 bits per heavy atom. The van der Waals surface area contributed by atoms with Crippen molar-refractivity contribution >= 4 is 21.6 Å². The second-order valence-electron chi connectivity index (χ2n) is 1.64. The first-order valence-electron chi connectivity index (χ1n) is 2.56. The number of hydrogen-bond donors (Lipinski definition) is 8. The lowest BCUT2D eigenvalue weighted by Crippen LogP contribution is -2.01. The predicted molar refractivity (Wildman–Crippen MR) is 48.4 cm³/mol. The summed E-state index contributed by atoms with van der Waals surface area (Å²) in [5, 5.41) is 0. The predicted octanol–water partition coefficient (Wildman–Crippen LogP) is -2.20. The molecule has 0 radical (unpaired) electrons. The zero-order valence-corrected chi connectivity index (χ0v) is 9.38. The quantitative estimate of drug-likeness (QED) is 0.221. The van der Waals surface area contributed by atoms with Crippen molar-refractivity contribution < 1.29 is 43.3 Å². The second-order valence-corrected chi connectivity index (χ2v) is 3.69. The summed E-state index contributed by atoms with van der Waals surface area (Å²) < 4.78 is 17.8.